The number of hydrogen-bond donors (Lipinski definition) is 1. The molecule has 0 saturated heterocycles. The summed E-state index contributed by atoms with van der Waals surface area (Å²) in [5, 5.41) is 3.97. The SMILES string of the molecule is COc1cc(/C=N\NC(=O)CSc2ccccc2)cc(OC)c1OC. The van der Waals surface area contributed by atoms with Crippen LogP contribution in [0.4, 0.5) is 0 Å². The number of benzene rings is 2. The Hall–Kier alpha value is -2.67. The topological polar surface area (TPSA) is 69.2 Å². The summed E-state index contributed by atoms with van der Waals surface area (Å²) in [5.41, 5.74) is 3.22. The molecule has 0 bridgehead atoms. The van der Waals surface area contributed by atoms with E-state index in [2.05, 4.69) is 10.5 Å². The third-order valence-corrected chi connectivity index (χ3v) is 4.22. The highest BCUT2D eigenvalue weighted by molar-refractivity contribution is 8.00. The molecular formula is C18H20N2O4S. The summed E-state index contributed by atoms with van der Waals surface area (Å²) < 4.78 is 15.8. The molecule has 0 aromatic heterocycles. The summed E-state index contributed by atoms with van der Waals surface area (Å²) in [6.45, 7) is 0. The minimum Gasteiger partial charge on any atom is -0.493 e. The minimum absolute atomic E-state index is 0.183. The fraction of sp³-hybridized carbons (Fsp3) is 0.222. The first-order chi connectivity index (χ1) is 12.2. The molecule has 0 aliphatic rings. The normalized spacial score (nSPS) is 10.5. The summed E-state index contributed by atoms with van der Waals surface area (Å²) in [5.74, 6) is 1.66. The molecule has 2 rings (SSSR count). The first-order valence-electron chi connectivity index (χ1n) is 7.47. The summed E-state index contributed by atoms with van der Waals surface area (Å²) in [6.07, 6.45) is 1.52. The zero-order valence-electron chi connectivity index (χ0n) is 14.3. The van der Waals surface area contributed by atoms with Crippen molar-refractivity contribution in [2.75, 3.05) is 27.1 Å². The summed E-state index contributed by atoms with van der Waals surface area (Å²) in [4.78, 5) is 12.9. The second-order valence-corrected chi connectivity index (χ2v) is 5.90. The summed E-state index contributed by atoms with van der Waals surface area (Å²) in [7, 11) is 4.63. The van der Waals surface area contributed by atoms with E-state index in [0.717, 1.165) is 4.90 Å². The van der Waals surface area contributed by atoms with Crippen molar-refractivity contribution in [1.82, 2.24) is 5.43 Å². The monoisotopic (exact) mass is 360 g/mol. The highest BCUT2D eigenvalue weighted by Crippen LogP contribution is 2.37. The summed E-state index contributed by atoms with van der Waals surface area (Å²) in [6, 6.07) is 13.2. The first-order valence-corrected chi connectivity index (χ1v) is 8.46. The maximum atomic E-state index is 11.8. The van der Waals surface area contributed by atoms with Crippen molar-refractivity contribution in [2.24, 2.45) is 5.10 Å². The van der Waals surface area contributed by atoms with Crippen LogP contribution < -0.4 is 19.6 Å². The molecular weight excluding hydrogens is 340 g/mol. The Labute approximate surface area is 151 Å². The van der Waals surface area contributed by atoms with E-state index in [1.807, 2.05) is 30.3 Å². The van der Waals surface area contributed by atoms with Crippen molar-refractivity contribution in [3.8, 4) is 17.2 Å². The average Bonchev–Trinajstić information content (AvgIpc) is 2.66. The van der Waals surface area contributed by atoms with Crippen molar-refractivity contribution < 1.29 is 19.0 Å². The molecule has 0 spiro atoms. The molecule has 132 valence electrons. The fourth-order valence-corrected chi connectivity index (χ4v) is 2.76. The van der Waals surface area contributed by atoms with Gasteiger partial charge in [-0.2, -0.15) is 5.10 Å². The molecule has 1 amide bonds. The van der Waals surface area contributed by atoms with Gasteiger partial charge in [0.1, 0.15) is 0 Å². The molecule has 2 aromatic carbocycles. The molecule has 0 radical (unpaired) electrons. The van der Waals surface area contributed by atoms with Gasteiger partial charge in [-0.15, -0.1) is 11.8 Å². The minimum atomic E-state index is -0.183. The Kier molecular flexibility index (Phi) is 7.16. The van der Waals surface area contributed by atoms with Gasteiger partial charge in [-0.1, -0.05) is 18.2 Å². The van der Waals surface area contributed by atoms with Gasteiger partial charge in [0.25, 0.3) is 0 Å². The number of ether oxygens (including phenoxy) is 3. The standard InChI is InChI=1S/C18H20N2O4S/c1-22-15-9-13(10-16(23-2)18(15)24-3)11-19-20-17(21)12-25-14-7-5-4-6-8-14/h4-11H,12H2,1-3H3,(H,20,21)/b19-11-. The van der Waals surface area contributed by atoms with Crippen LogP contribution in [0.25, 0.3) is 0 Å². The predicted molar refractivity (Wildman–Crippen MR) is 99.0 cm³/mol. The average molecular weight is 360 g/mol. The van der Waals surface area contributed by atoms with E-state index >= 15 is 0 Å². The van der Waals surface area contributed by atoms with Gasteiger partial charge in [-0.3, -0.25) is 4.79 Å². The molecule has 0 unspecified atom stereocenters. The van der Waals surface area contributed by atoms with Gasteiger partial charge in [-0.05, 0) is 24.3 Å². The van der Waals surface area contributed by atoms with Crippen LogP contribution in [0.15, 0.2) is 52.5 Å². The fourth-order valence-electron chi connectivity index (χ4n) is 2.05. The quantitative estimate of drug-likeness (QED) is 0.445. The molecule has 0 aliphatic heterocycles. The number of nitrogens with one attached hydrogen (secondary N) is 1. The van der Waals surface area contributed by atoms with Gasteiger partial charge in [0.2, 0.25) is 11.7 Å². The Balaban J connectivity index is 1.96. The largest absolute Gasteiger partial charge is 0.493 e. The lowest BCUT2D eigenvalue weighted by atomic mass is 10.2. The second kappa shape index (κ2) is 9.58. The number of hydrogen-bond acceptors (Lipinski definition) is 6. The van der Waals surface area contributed by atoms with Crippen LogP contribution in [0, 0.1) is 0 Å². The van der Waals surface area contributed by atoms with Crippen molar-refractivity contribution in [1.29, 1.82) is 0 Å². The molecule has 1 N–H and O–H groups in total. The third-order valence-electron chi connectivity index (χ3n) is 3.20. The van der Waals surface area contributed by atoms with Crippen LogP contribution >= 0.6 is 11.8 Å². The van der Waals surface area contributed by atoms with Crippen LogP contribution in [0.2, 0.25) is 0 Å². The molecule has 25 heavy (non-hydrogen) atoms. The van der Waals surface area contributed by atoms with E-state index in [1.165, 1.54) is 18.0 Å². The van der Waals surface area contributed by atoms with Crippen LogP contribution in [-0.4, -0.2) is 39.2 Å². The number of methoxy groups -OCH3 is 3. The zero-order chi connectivity index (χ0) is 18.1. The number of hydrazone groups is 1. The van der Waals surface area contributed by atoms with Crippen molar-refractivity contribution >= 4 is 23.9 Å². The van der Waals surface area contributed by atoms with Crippen molar-refractivity contribution in [3.63, 3.8) is 0 Å². The Morgan fingerprint density at radius 2 is 1.72 bits per heavy atom. The lowest BCUT2D eigenvalue weighted by molar-refractivity contribution is -0.118. The van der Waals surface area contributed by atoms with Gasteiger partial charge in [0.15, 0.2) is 11.5 Å². The van der Waals surface area contributed by atoms with Gasteiger partial charge in [-0.25, -0.2) is 5.43 Å². The van der Waals surface area contributed by atoms with Crippen LogP contribution in [0.3, 0.4) is 0 Å². The van der Waals surface area contributed by atoms with Crippen LogP contribution in [0.1, 0.15) is 5.56 Å². The Bertz CT molecular complexity index is 710. The van der Waals surface area contributed by atoms with Gasteiger partial charge >= 0.3 is 0 Å². The highest BCUT2D eigenvalue weighted by Gasteiger charge is 2.12. The van der Waals surface area contributed by atoms with E-state index in [9.17, 15) is 4.79 Å². The third kappa shape index (κ3) is 5.42. The van der Waals surface area contributed by atoms with Gasteiger partial charge in [0, 0.05) is 10.5 Å². The molecule has 7 heteroatoms. The molecule has 0 fully saturated rings. The molecule has 0 heterocycles. The Morgan fingerprint density at radius 1 is 1.08 bits per heavy atom. The van der Waals surface area contributed by atoms with Crippen LogP contribution in [-0.2, 0) is 4.79 Å². The van der Waals surface area contributed by atoms with E-state index in [-0.39, 0.29) is 11.7 Å². The van der Waals surface area contributed by atoms with Crippen molar-refractivity contribution in [3.05, 3.63) is 48.0 Å². The molecule has 2 aromatic rings. The van der Waals surface area contributed by atoms with Gasteiger partial charge < -0.3 is 14.2 Å². The maximum Gasteiger partial charge on any atom is 0.250 e. The van der Waals surface area contributed by atoms with E-state index in [0.29, 0.717) is 22.8 Å². The number of carbonyl (C=O) groups is 1. The predicted octanol–water partition coefficient (Wildman–Crippen LogP) is 2.95. The zero-order valence-corrected chi connectivity index (χ0v) is 15.1. The number of thioether (sulfide) groups is 1. The second-order valence-electron chi connectivity index (χ2n) is 4.85. The van der Waals surface area contributed by atoms with E-state index in [1.54, 1.807) is 33.5 Å². The number of carbonyl (C=O) groups excluding carboxylic acids is 1. The van der Waals surface area contributed by atoms with Crippen LogP contribution in [0.5, 0.6) is 17.2 Å². The molecule has 0 atom stereocenters. The maximum absolute atomic E-state index is 11.8. The van der Waals surface area contributed by atoms with E-state index < -0.39 is 0 Å². The lowest BCUT2D eigenvalue weighted by Crippen LogP contribution is -2.19. The number of nitrogens with zero attached hydrogens (tertiary/aromatic N) is 1. The molecule has 0 aliphatic carbocycles. The first kappa shape index (κ1) is 18.7. The Morgan fingerprint density at radius 3 is 2.28 bits per heavy atom. The molecule has 0 saturated carbocycles. The number of amides is 1. The lowest BCUT2D eigenvalue weighted by Gasteiger charge is -2.12. The molecule has 6 nitrogen and oxygen atoms in total. The summed E-state index contributed by atoms with van der Waals surface area (Å²) >= 11 is 1.45. The number of rotatable bonds is 8. The highest BCUT2D eigenvalue weighted by atomic mass is 32.2. The van der Waals surface area contributed by atoms with E-state index in [4.69, 9.17) is 14.2 Å². The van der Waals surface area contributed by atoms with Crippen molar-refractivity contribution in [2.45, 2.75) is 4.90 Å². The smallest absolute Gasteiger partial charge is 0.250 e. The van der Waals surface area contributed by atoms with Gasteiger partial charge in [0.05, 0.1) is 33.3 Å².